The van der Waals surface area contributed by atoms with Crippen LogP contribution in [0, 0.1) is 6.92 Å². The van der Waals surface area contributed by atoms with E-state index in [0.29, 0.717) is 6.04 Å². The summed E-state index contributed by atoms with van der Waals surface area (Å²) >= 11 is 0. The first-order valence-electron chi connectivity index (χ1n) is 6.58. The van der Waals surface area contributed by atoms with Gasteiger partial charge < -0.3 is 10.4 Å². The molecule has 1 atom stereocenters. The summed E-state index contributed by atoms with van der Waals surface area (Å²) in [5.74, 6) is 0. The average molecular weight is 259 g/mol. The molecular formula is C15H21N3O. The quantitative estimate of drug-likeness (QED) is 0.868. The van der Waals surface area contributed by atoms with Crippen LogP contribution in [0.4, 0.5) is 5.69 Å². The molecule has 1 aromatic carbocycles. The van der Waals surface area contributed by atoms with Crippen LogP contribution in [0.5, 0.6) is 0 Å². The molecule has 0 aliphatic carbocycles. The SMILES string of the molecule is Cc1cccc(NC(CO)c2cnn(C(C)C)c2)c1. The Labute approximate surface area is 114 Å². The van der Waals surface area contributed by atoms with Gasteiger partial charge >= 0.3 is 0 Å². The standard InChI is InChI=1S/C15H21N3O/c1-11(2)18-9-13(8-16-18)15(10-19)17-14-6-4-5-12(3)7-14/h4-9,11,15,17,19H,10H2,1-3H3. The number of nitrogens with zero attached hydrogens (tertiary/aromatic N) is 2. The van der Waals surface area contributed by atoms with Crippen molar-refractivity contribution in [3.05, 3.63) is 47.8 Å². The van der Waals surface area contributed by atoms with E-state index in [4.69, 9.17) is 0 Å². The minimum atomic E-state index is -0.130. The molecule has 0 saturated carbocycles. The number of benzene rings is 1. The number of anilines is 1. The van der Waals surface area contributed by atoms with E-state index in [0.717, 1.165) is 11.3 Å². The Morgan fingerprint density at radius 1 is 1.37 bits per heavy atom. The molecule has 0 bridgehead atoms. The van der Waals surface area contributed by atoms with Crippen LogP contribution in [0.2, 0.25) is 0 Å². The Morgan fingerprint density at radius 3 is 2.74 bits per heavy atom. The fourth-order valence-electron chi connectivity index (χ4n) is 1.99. The van der Waals surface area contributed by atoms with E-state index in [1.54, 1.807) is 0 Å². The molecule has 0 aliphatic heterocycles. The summed E-state index contributed by atoms with van der Waals surface area (Å²) in [4.78, 5) is 0. The van der Waals surface area contributed by atoms with Gasteiger partial charge in [0.05, 0.1) is 18.8 Å². The maximum absolute atomic E-state index is 9.56. The van der Waals surface area contributed by atoms with Crippen molar-refractivity contribution >= 4 is 5.69 Å². The fraction of sp³-hybridized carbons (Fsp3) is 0.400. The van der Waals surface area contributed by atoms with Crippen molar-refractivity contribution in [1.82, 2.24) is 9.78 Å². The van der Waals surface area contributed by atoms with E-state index in [1.807, 2.05) is 29.2 Å². The second-order valence-electron chi connectivity index (χ2n) is 5.10. The van der Waals surface area contributed by atoms with Gasteiger partial charge in [-0.1, -0.05) is 12.1 Å². The van der Waals surface area contributed by atoms with E-state index in [9.17, 15) is 5.11 Å². The molecule has 0 fully saturated rings. The van der Waals surface area contributed by atoms with Gasteiger partial charge in [0, 0.05) is 23.5 Å². The van der Waals surface area contributed by atoms with E-state index in [1.165, 1.54) is 5.56 Å². The molecule has 4 nitrogen and oxygen atoms in total. The summed E-state index contributed by atoms with van der Waals surface area (Å²) < 4.78 is 1.90. The lowest BCUT2D eigenvalue weighted by Crippen LogP contribution is -2.14. The summed E-state index contributed by atoms with van der Waals surface area (Å²) in [5, 5.41) is 17.2. The summed E-state index contributed by atoms with van der Waals surface area (Å²) in [6, 6.07) is 8.32. The third-order valence-corrected chi connectivity index (χ3v) is 3.09. The molecule has 102 valence electrons. The number of aromatic nitrogens is 2. The Morgan fingerprint density at radius 2 is 2.16 bits per heavy atom. The van der Waals surface area contributed by atoms with Crippen molar-refractivity contribution in [2.75, 3.05) is 11.9 Å². The van der Waals surface area contributed by atoms with Crippen LogP contribution in [-0.4, -0.2) is 21.5 Å². The maximum Gasteiger partial charge on any atom is 0.0775 e. The number of rotatable bonds is 5. The van der Waals surface area contributed by atoms with Gasteiger partial charge in [0.25, 0.3) is 0 Å². The number of aryl methyl sites for hydroxylation is 1. The molecule has 2 N–H and O–H groups in total. The number of aliphatic hydroxyl groups is 1. The van der Waals surface area contributed by atoms with Crippen LogP contribution < -0.4 is 5.32 Å². The zero-order chi connectivity index (χ0) is 13.8. The van der Waals surface area contributed by atoms with Gasteiger partial charge in [-0.3, -0.25) is 4.68 Å². The Bertz CT molecular complexity index is 534. The predicted molar refractivity (Wildman–Crippen MR) is 77.2 cm³/mol. The highest BCUT2D eigenvalue weighted by molar-refractivity contribution is 5.47. The molecule has 2 rings (SSSR count). The number of hydrogen-bond acceptors (Lipinski definition) is 3. The van der Waals surface area contributed by atoms with Gasteiger partial charge in [-0.05, 0) is 38.5 Å². The Hall–Kier alpha value is -1.81. The first kappa shape index (κ1) is 13.6. The van der Waals surface area contributed by atoms with Crippen LogP contribution >= 0.6 is 0 Å². The summed E-state index contributed by atoms with van der Waals surface area (Å²) in [6.07, 6.45) is 3.79. The zero-order valence-electron chi connectivity index (χ0n) is 11.7. The van der Waals surface area contributed by atoms with E-state index in [-0.39, 0.29) is 12.6 Å². The first-order chi connectivity index (χ1) is 9.10. The Balaban J connectivity index is 2.15. The molecule has 0 aliphatic rings. The summed E-state index contributed by atoms with van der Waals surface area (Å²) in [6.45, 7) is 6.26. The molecular weight excluding hydrogens is 238 g/mol. The van der Waals surface area contributed by atoms with Crippen molar-refractivity contribution < 1.29 is 5.11 Å². The minimum absolute atomic E-state index is 0.0394. The van der Waals surface area contributed by atoms with Crippen molar-refractivity contribution in [1.29, 1.82) is 0 Å². The van der Waals surface area contributed by atoms with E-state index in [2.05, 4.69) is 43.3 Å². The normalized spacial score (nSPS) is 12.7. The van der Waals surface area contributed by atoms with Crippen LogP contribution in [0.1, 0.15) is 37.1 Å². The monoisotopic (exact) mass is 259 g/mol. The van der Waals surface area contributed by atoms with Gasteiger partial charge in [-0.15, -0.1) is 0 Å². The third-order valence-electron chi connectivity index (χ3n) is 3.09. The third kappa shape index (κ3) is 3.35. The number of hydrogen-bond donors (Lipinski definition) is 2. The van der Waals surface area contributed by atoms with Crippen LogP contribution in [0.15, 0.2) is 36.7 Å². The van der Waals surface area contributed by atoms with Crippen LogP contribution in [0.25, 0.3) is 0 Å². The van der Waals surface area contributed by atoms with Gasteiger partial charge in [0.2, 0.25) is 0 Å². The molecule has 0 spiro atoms. The number of aliphatic hydroxyl groups excluding tert-OH is 1. The molecule has 19 heavy (non-hydrogen) atoms. The zero-order valence-corrected chi connectivity index (χ0v) is 11.7. The maximum atomic E-state index is 9.56. The van der Waals surface area contributed by atoms with Crippen molar-refractivity contribution in [3.8, 4) is 0 Å². The van der Waals surface area contributed by atoms with Gasteiger partial charge in [0.1, 0.15) is 0 Å². The lowest BCUT2D eigenvalue weighted by Gasteiger charge is -2.16. The highest BCUT2D eigenvalue weighted by atomic mass is 16.3. The fourth-order valence-corrected chi connectivity index (χ4v) is 1.99. The summed E-state index contributed by atoms with van der Waals surface area (Å²) in [5.41, 5.74) is 3.20. The first-order valence-corrected chi connectivity index (χ1v) is 6.58. The molecule has 0 amide bonds. The summed E-state index contributed by atoms with van der Waals surface area (Å²) in [7, 11) is 0. The molecule has 1 unspecified atom stereocenters. The molecule has 1 heterocycles. The lowest BCUT2D eigenvalue weighted by atomic mass is 10.1. The van der Waals surface area contributed by atoms with E-state index >= 15 is 0 Å². The predicted octanol–water partition coefficient (Wildman–Crippen LogP) is 2.92. The topological polar surface area (TPSA) is 50.1 Å². The molecule has 4 heteroatoms. The van der Waals surface area contributed by atoms with Gasteiger partial charge in [-0.2, -0.15) is 5.10 Å². The van der Waals surface area contributed by atoms with Crippen LogP contribution in [0.3, 0.4) is 0 Å². The van der Waals surface area contributed by atoms with Crippen molar-refractivity contribution in [3.63, 3.8) is 0 Å². The molecule has 0 radical (unpaired) electrons. The van der Waals surface area contributed by atoms with Crippen LogP contribution in [-0.2, 0) is 0 Å². The van der Waals surface area contributed by atoms with Gasteiger partial charge in [0.15, 0.2) is 0 Å². The largest absolute Gasteiger partial charge is 0.394 e. The van der Waals surface area contributed by atoms with Crippen molar-refractivity contribution in [2.24, 2.45) is 0 Å². The Kier molecular flexibility index (Phi) is 4.22. The minimum Gasteiger partial charge on any atom is -0.394 e. The highest BCUT2D eigenvalue weighted by Gasteiger charge is 2.13. The second kappa shape index (κ2) is 5.89. The molecule has 2 aromatic rings. The molecule has 0 saturated heterocycles. The van der Waals surface area contributed by atoms with Gasteiger partial charge in [-0.25, -0.2) is 0 Å². The average Bonchev–Trinajstić information content (AvgIpc) is 2.85. The highest BCUT2D eigenvalue weighted by Crippen LogP contribution is 2.20. The lowest BCUT2D eigenvalue weighted by molar-refractivity contribution is 0.276. The van der Waals surface area contributed by atoms with E-state index < -0.39 is 0 Å². The number of nitrogens with one attached hydrogen (secondary N) is 1. The second-order valence-corrected chi connectivity index (χ2v) is 5.10. The molecule has 1 aromatic heterocycles. The van der Waals surface area contributed by atoms with Crippen molar-refractivity contribution in [2.45, 2.75) is 32.9 Å². The smallest absolute Gasteiger partial charge is 0.0775 e.